The van der Waals surface area contributed by atoms with Gasteiger partial charge in [-0.2, -0.15) is 4.98 Å². The maximum absolute atomic E-state index is 12.3. The zero-order chi connectivity index (χ0) is 13.6. The fourth-order valence-corrected chi connectivity index (χ4v) is 2.88. The SMILES string of the molecule is Cn1c(=O)c2[nH]c(N)nc2n(C2CCCCC2)c1=O. The molecule has 19 heavy (non-hydrogen) atoms. The number of nitrogens with two attached hydrogens (primary N) is 1. The third kappa shape index (κ3) is 1.76. The molecule has 0 amide bonds. The maximum atomic E-state index is 12.3. The lowest BCUT2D eigenvalue weighted by Crippen LogP contribution is -2.40. The van der Waals surface area contributed by atoms with Crippen LogP contribution in [0.25, 0.3) is 11.2 Å². The molecule has 0 bridgehead atoms. The van der Waals surface area contributed by atoms with Crippen molar-refractivity contribution >= 4 is 17.1 Å². The van der Waals surface area contributed by atoms with Gasteiger partial charge in [-0.3, -0.25) is 13.9 Å². The van der Waals surface area contributed by atoms with Crippen LogP contribution < -0.4 is 17.0 Å². The van der Waals surface area contributed by atoms with Crippen LogP contribution in [0.1, 0.15) is 38.1 Å². The van der Waals surface area contributed by atoms with Crippen LogP contribution in [0.2, 0.25) is 0 Å². The topological polar surface area (TPSA) is 98.7 Å². The summed E-state index contributed by atoms with van der Waals surface area (Å²) in [6.07, 6.45) is 5.28. The lowest BCUT2D eigenvalue weighted by atomic mass is 9.95. The van der Waals surface area contributed by atoms with E-state index in [1.807, 2.05) is 0 Å². The Morgan fingerprint density at radius 3 is 2.63 bits per heavy atom. The van der Waals surface area contributed by atoms with Crippen molar-refractivity contribution in [1.29, 1.82) is 0 Å². The third-order valence-corrected chi connectivity index (χ3v) is 3.88. The molecule has 2 heterocycles. The van der Waals surface area contributed by atoms with Crippen LogP contribution in [-0.4, -0.2) is 19.1 Å². The van der Waals surface area contributed by atoms with E-state index in [4.69, 9.17) is 5.73 Å². The molecule has 102 valence electrons. The van der Waals surface area contributed by atoms with Crippen molar-refractivity contribution in [2.75, 3.05) is 5.73 Å². The Labute approximate surface area is 109 Å². The number of nitrogen functional groups attached to an aromatic ring is 1. The first-order valence-electron chi connectivity index (χ1n) is 6.56. The molecule has 3 rings (SSSR count). The molecule has 7 nitrogen and oxygen atoms in total. The van der Waals surface area contributed by atoms with Gasteiger partial charge in [0.2, 0.25) is 0 Å². The molecule has 1 saturated carbocycles. The highest BCUT2D eigenvalue weighted by molar-refractivity contribution is 5.72. The maximum Gasteiger partial charge on any atom is 0.332 e. The minimum Gasteiger partial charge on any atom is -0.369 e. The van der Waals surface area contributed by atoms with Crippen LogP contribution >= 0.6 is 0 Å². The monoisotopic (exact) mass is 263 g/mol. The summed E-state index contributed by atoms with van der Waals surface area (Å²) in [5, 5.41) is 0. The molecule has 1 fully saturated rings. The van der Waals surface area contributed by atoms with Crippen LogP contribution in [0, 0.1) is 0 Å². The normalized spacial score (nSPS) is 17.1. The second kappa shape index (κ2) is 4.25. The Morgan fingerprint density at radius 1 is 1.26 bits per heavy atom. The van der Waals surface area contributed by atoms with Crippen LogP contribution in [0.15, 0.2) is 9.59 Å². The number of H-pyrrole nitrogens is 1. The molecule has 7 heteroatoms. The molecule has 0 unspecified atom stereocenters. The minimum absolute atomic E-state index is 0.109. The minimum atomic E-state index is -0.378. The molecule has 0 spiro atoms. The second-order valence-electron chi connectivity index (χ2n) is 5.13. The van der Waals surface area contributed by atoms with Gasteiger partial charge in [0, 0.05) is 13.1 Å². The van der Waals surface area contributed by atoms with E-state index in [0.29, 0.717) is 11.2 Å². The van der Waals surface area contributed by atoms with E-state index in [2.05, 4.69) is 9.97 Å². The van der Waals surface area contributed by atoms with E-state index in [9.17, 15) is 9.59 Å². The Morgan fingerprint density at radius 2 is 1.95 bits per heavy atom. The van der Waals surface area contributed by atoms with Crippen molar-refractivity contribution in [1.82, 2.24) is 19.1 Å². The van der Waals surface area contributed by atoms with Crippen molar-refractivity contribution in [3.8, 4) is 0 Å². The molecule has 0 aliphatic heterocycles. The van der Waals surface area contributed by atoms with Crippen molar-refractivity contribution in [2.45, 2.75) is 38.1 Å². The summed E-state index contributed by atoms with van der Waals surface area (Å²) in [7, 11) is 1.49. The van der Waals surface area contributed by atoms with Crippen molar-refractivity contribution in [2.24, 2.45) is 7.05 Å². The third-order valence-electron chi connectivity index (χ3n) is 3.88. The van der Waals surface area contributed by atoms with E-state index < -0.39 is 0 Å². The average Bonchev–Trinajstić information content (AvgIpc) is 2.79. The number of aromatic amines is 1. The van der Waals surface area contributed by atoms with Crippen molar-refractivity contribution < 1.29 is 0 Å². The largest absolute Gasteiger partial charge is 0.369 e. The first kappa shape index (κ1) is 12.0. The van der Waals surface area contributed by atoms with Crippen LogP contribution in [-0.2, 0) is 7.05 Å². The van der Waals surface area contributed by atoms with E-state index in [1.54, 1.807) is 4.57 Å². The highest BCUT2D eigenvalue weighted by Gasteiger charge is 2.22. The molecule has 0 saturated heterocycles. The number of imidazole rings is 1. The molecular weight excluding hydrogens is 246 g/mol. The Balaban J connectivity index is 2.33. The lowest BCUT2D eigenvalue weighted by Gasteiger charge is -2.24. The smallest absolute Gasteiger partial charge is 0.332 e. The summed E-state index contributed by atoms with van der Waals surface area (Å²) in [6, 6.07) is 0.109. The van der Waals surface area contributed by atoms with Gasteiger partial charge in [-0.15, -0.1) is 0 Å². The molecular formula is C12H17N5O2. The Hall–Kier alpha value is -2.05. The van der Waals surface area contributed by atoms with Crippen LogP contribution in [0.5, 0.6) is 0 Å². The molecule has 2 aromatic rings. The van der Waals surface area contributed by atoms with E-state index in [1.165, 1.54) is 13.5 Å². The Kier molecular flexibility index (Phi) is 2.69. The quantitative estimate of drug-likeness (QED) is 0.783. The standard InChI is InChI=1S/C12H17N5O2/c1-16-10(18)8-9(15-11(13)14-8)17(12(16)19)7-5-3-2-4-6-7/h7H,2-6H2,1H3,(H3,13,14,15). The zero-order valence-corrected chi connectivity index (χ0v) is 10.8. The fraction of sp³-hybridized carbons (Fsp3) is 0.583. The van der Waals surface area contributed by atoms with Gasteiger partial charge in [0.1, 0.15) is 0 Å². The van der Waals surface area contributed by atoms with Crippen molar-refractivity contribution in [3.63, 3.8) is 0 Å². The number of nitrogens with zero attached hydrogens (tertiary/aromatic N) is 3. The van der Waals surface area contributed by atoms with Gasteiger partial charge < -0.3 is 10.7 Å². The van der Waals surface area contributed by atoms with Gasteiger partial charge in [-0.1, -0.05) is 19.3 Å². The predicted octanol–water partition coefficient (Wildman–Crippen LogP) is 0.511. The summed E-state index contributed by atoms with van der Waals surface area (Å²) in [6.45, 7) is 0. The van der Waals surface area contributed by atoms with Crippen LogP contribution in [0.3, 0.4) is 0 Å². The van der Waals surface area contributed by atoms with Gasteiger partial charge in [0.15, 0.2) is 17.1 Å². The molecule has 0 atom stereocenters. The zero-order valence-electron chi connectivity index (χ0n) is 10.8. The first-order chi connectivity index (χ1) is 9.09. The fourth-order valence-electron chi connectivity index (χ4n) is 2.88. The summed E-state index contributed by atoms with van der Waals surface area (Å²) in [5.74, 6) is 0.169. The highest BCUT2D eigenvalue weighted by atomic mass is 16.2. The molecule has 3 N–H and O–H groups in total. The number of nitrogens with one attached hydrogen (secondary N) is 1. The van der Waals surface area contributed by atoms with E-state index in [-0.39, 0.29) is 23.2 Å². The van der Waals surface area contributed by atoms with Gasteiger partial charge in [0.25, 0.3) is 5.56 Å². The first-order valence-corrected chi connectivity index (χ1v) is 6.56. The van der Waals surface area contributed by atoms with E-state index >= 15 is 0 Å². The molecule has 1 aliphatic carbocycles. The number of aromatic nitrogens is 4. The summed E-state index contributed by atoms with van der Waals surface area (Å²) in [4.78, 5) is 31.2. The summed E-state index contributed by atoms with van der Waals surface area (Å²) in [5.41, 5.74) is 5.64. The lowest BCUT2D eigenvalue weighted by molar-refractivity contribution is 0.345. The second-order valence-corrected chi connectivity index (χ2v) is 5.13. The predicted molar refractivity (Wildman–Crippen MR) is 72.1 cm³/mol. The summed E-state index contributed by atoms with van der Waals surface area (Å²) >= 11 is 0. The number of fused-ring (bicyclic) bond motifs is 1. The van der Waals surface area contributed by atoms with Crippen molar-refractivity contribution in [3.05, 3.63) is 20.8 Å². The number of hydrogen-bond acceptors (Lipinski definition) is 4. The van der Waals surface area contributed by atoms with Gasteiger partial charge >= 0.3 is 5.69 Å². The average molecular weight is 263 g/mol. The number of anilines is 1. The number of rotatable bonds is 1. The van der Waals surface area contributed by atoms with Gasteiger partial charge in [-0.25, -0.2) is 4.79 Å². The summed E-state index contributed by atoms with van der Waals surface area (Å²) < 4.78 is 2.75. The molecule has 1 aliphatic rings. The molecule has 0 aromatic carbocycles. The highest BCUT2D eigenvalue weighted by Crippen LogP contribution is 2.28. The van der Waals surface area contributed by atoms with Gasteiger partial charge in [0.05, 0.1) is 0 Å². The van der Waals surface area contributed by atoms with E-state index in [0.717, 1.165) is 30.3 Å². The molecule has 0 radical (unpaired) electrons. The number of hydrogen-bond donors (Lipinski definition) is 2. The Bertz CT molecular complexity index is 733. The van der Waals surface area contributed by atoms with Gasteiger partial charge in [-0.05, 0) is 12.8 Å². The molecule has 2 aromatic heterocycles. The van der Waals surface area contributed by atoms with Crippen LogP contribution in [0.4, 0.5) is 5.95 Å².